The number of fused-ring (bicyclic) bond motifs is 3. The Morgan fingerprint density at radius 3 is 1.17 bits per heavy atom. The lowest BCUT2D eigenvalue weighted by Crippen LogP contribution is -2.29. The molecule has 2 heteroatoms. The van der Waals surface area contributed by atoms with Gasteiger partial charge in [0.1, 0.15) is 0 Å². The number of benzene rings is 7. The van der Waals surface area contributed by atoms with Crippen LogP contribution in [0.1, 0.15) is 22.3 Å². The lowest BCUT2D eigenvalue weighted by molar-refractivity contribution is 0.768. The van der Waals surface area contributed by atoms with Crippen LogP contribution in [0.15, 0.2) is 188 Å². The maximum Gasteiger partial charge on any atom is 0.0715 e. The van der Waals surface area contributed by atoms with Crippen LogP contribution in [0, 0.1) is 0 Å². The van der Waals surface area contributed by atoms with E-state index in [0.717, 1.165) is 28.4 Å². The van der Waals surface area contributed by atoms with Crippen LogP contribution in [0.4, 0.5) is 28.4 Å². The quantitative estimate of drug-likeness (QED) is 0.182. The Labute approximate surface area is 271 Å². The normalized spacial score (nSPS) is 12.6. The highest BCUT2D eigenvalue weighted by Gasteiger charge is 2.46. The van der Waals surface area contributed by atoms with Gasteiger partial charge in [-0.15, -0.1) is 0 Å². The van der Waals surface area contributed by atoms with Crippen molar-refractivity contribution in [3.05, 3.63) is 210 Å². The number of hydrogen-bond acceptors (Lipinski definition) is 2. The molecule has 8 rings (SSSR count). The molecule has 2 nitrogen and oxygen atoms in total. The third kappa shape index (κ3) is 4.50. The molecule has 0 amide bonds. The van der Waals surface area contributed by atoms with Crippen LogP contribution in [-0.2, 0) is 5.41 Å². The predicted octanol–water partition coefficient (Wildman–Crippen LogP) is 11.3. The van der Waals surface area contributed by atoms with E-state index in [2.05, 4.69) is 205 Å². The molecule has 0 saturated heterocycles. The number of rotatable bonds is 7. The van der Waals surface area contributed by atoms with Gasteiger partial charge in [0.15, 0.2) is 0 Å². The minimum Gasteiger partial charge on any atom is -0.345 e. The fourth-order valence-electron chi connectivity index (χ4n) is 7.21. The molecule has 0 saturated carbocycles. The molecule has 0 radical (unpaired) electrons. The highest BCUT2D eigenvalue weighted by Crippen LogP contribution is 2.58. The van der Waals surface area contributed by atoms with Crippen molar-refractivity contribution in [2.45, 2.75) is 5.41 Å². The number of para-hydroxylation sites is 3. The first-order valence-corrected chi connectivity index (χ1v) is 15.8. The van der Waals surface area contributed by atoms with E-state index in [4.69, 9.17) is 0 Å². The lowest BCUT2D eigenvalue weighted by Gasteiger charge is -2.35. The second kappa shape index (κ2) is 11.6. The molecule has 46 heavy (non-hydrogen) atoms. The first kappa shape index (κ1) is 27.7. The monoisotopic (exact) mass is 590 g/mol. The van der Waals surface area contributed by atoms with Crippen LogP contribution >= 0.6 is 0 Å². The molecule has 0 fully saturated rings. The summed E-state index contributed by atoms with van der Waals surface area (Å²) >= 11 is 0. The van der Waals surface area contributed by atoms with E-state index in [0.29, 0.717) is 0 Å². The SMILES string of the molecule is CN(c1ccccc1)c1ccc2c(c1)C(c1ccccc1)(c1ccccc1)c1cc(N(c3ccccc3)c3ccccc3)ccc1-2. The van der Waals surface area contributed by atoms with Crippen LogP contribution in [-0.4, -0.2) is 7.05 Å². The highest BCUT2D eigenvalue weighted by atomic mass is 15.1. The molecule has 0 spiro atoms. The van der Waals surface area contributed by atoms with Crippen molar-refractivity contribution in [2.24, 2.45) is 0 Å². The summed E-state index contributed by atoms with van der Waals surface area (Å²) in [5.41, 5.74) is 12.8. The van der Waals surface area contributed by atoms with Gasteiger partial charge in [0.25, 0.3) is 0 Å². The second-order valence-corrected chi connectivity index (χ2v) is 11.8. The summed E-state index contributed by atoms with van der Waals surface area (Å²) in [6.45, 7) is 0. The van der Waals surface area contributed by atoms with Gasteiger partial charge in [0.05, 0.1) is 5.41 Å². The minimum atomic E-state index is -0.518. The van der Waals surface area contributed by atoms with Crippen molar-refractivity contribution in [2.75, 3.05) is 16.8 Å². The molecular weight excluding hydrogens is 556 g/mol. The zero-order valence-corrected chi connectivity index (χ0v) is 25.8. The standard InChI is InChI=1S/C44H34N2/c1-45(35-21-11-4-12-22-35)38-27-29-40-41-30-28-39(46(36-23-13-5-14-24-36)37-25-15-6-16-26-37)32-43(41)44(42(40)31-38,33-17-7-2-8-18-33)34-19-9-3-10-20-34/h2-32H,1H3. The van der Waals surface area contributed by atoms with E-state index >= 15 is 0 Å². The average Bonchev–Trinajstić information content (AvgIpc) is 3.43. The van der Waals surface area contributed by atoms with Crippen molar-refractivity contribution in [1.82, 2.24) is 0 Å². The maximum atomic E-state index is 2.43. The Bertz CT molecular complexity index is 2010. The Balaban J connectivity index is 1.42. The van der Waals surface area contributed by atoms with Crippen molar-refractivity contribution in [3.63, 3.8) is 0 Å². The minimum absolute atomic E-state index is 0.518. The zero-order chi connectivity index (χ0) is 30.9. The third-order valence-corrected chi connectivity index (χ3v) is 9.34. The van der Waals surface area contributed by atoms with Crippen LogP contribution in [0.5, 0.6) is 0 Å². The van der Waals surface area contributed by atoms with Gasteiger partial charge in [-0.1, -0.05) is 127 Å². The molecule has 220 valence electrons. The van der Waals surface area contributed by atoms with Gasteiger partial charge in [-0.05, 0) is 94.0 Å². The van der Waals surface area contributed by atoms with Crippen LogP contribution in [0.25, 0.3) is 11.1 Å². The summed E-state index contributed by atoms with van der Waals surface area (Å²) in [6, 6.07) is 68.0. The Morgan fingerprint density at radius 1 is 0.348 bits per heavy atom. The molecule has 0 heterocycles. The van der Waals surface area contributed by atoms with E-state index in [1.54, 1.807) is 0 Å². The first-order valence-electron chi connectivity index (χ1n) is 15.8. The Kier molecular flexibility index (Phi) is 6.96. The number of nitrogens with zero attached hydrogens (tertiary/aromatic N) is 2. The molecule has 7 aromatic rings. The van der Waals surface area contributed by atoms with Crippen molar-refractivity contribution in [1.29, 1.82) is 0 Å². The number of hydrogen-bond donors (Lipinski definition) is 0. The Hall–Kier alpha value is -5.86. The van der Waals surface area contributed by atoms with Crippen molar-refractivity contribution < 1.29 is 0 Å². The van der Waals surface area contributed by atoms with E-state index < -0.39 is 5.41 Å². The van der Waals surface area contributed by atoms with Crippen LogP contribution in [0.3, 0.4) is 0 Å². The Morgan fingerprint density at radius 2 is 0.717 bits per heavy atom. The zero-order valence-electron chi connectivity index (χ0n) is 25.8. The second-order valence-electron chi connectivity index (χ2n) is 11.8. The van der Waals surface area contributed by atoms with Gasteiger partial charge in [-0.3, -0.25) is 0 Å². The molecule has 1 aliphatic carbocycles. The molecule has 7 aromatic carbocycles. The molecule has 0 aliphatic heterocycles. The summed E-state index contributed by atoms with van der Waals surface area (Å²) in [6.07, 6.45) is 0. The maximum absolute atomic E-state index is 2.43. The predicted molar refractivity (Wildman–Crippen MR) is 193 cm³/mol. The van der Waals surface area contributed by atoms with E-state index in [-0.39, 0.29) is 0 Å². The lowest BCUT2D eigenvalue weighted by atomic mass is 9.67. The van der Waals surface area contributed by atoms with Crippen LogP contribution < -0.4 is 9.80 Å². The topological polar surface area (TPSA) is 6.48 Å². The van der Waals surface area contributed by atoms with Gasteiger partial charge in [0.2, 0.25) is 0 Å². The van der Waals surface area contributed by atoms with E-state index in [1.807, 2.05) is 0 Å². The average molecular weight is 591 g/mol. The summed E-state index contributed by atoms with van der Waals surface area (Å²) in [5, 5.41) is 0. The smallest absolute Gasteiger partial charge is 0.0715 e. The summed E-state index contributed by atoms with van der Waals surface area (Å²) in [4.78, 5) is 4.64. The van der Waals surface area contributed by atoms with Gasteiger partial charge in [-0.25, -0.2) is 0 Å². The summed E-state index contributed by atoms with van der Waals surface area (Å²) < 4.78 is 0. The number of anilines is 5. The van der Waals surface area contributed by atoms with Crippen molar-refractivity contribution >= 4 is 28.4 Å². The first-order chi connectivity index (χ1) is 22.7. The van der Waals surface area contributed by atoms with E-state index in [9.17, 15) is 0 Å². The van der Waals surface area contributed by atoms with Gasteiger partial charge < -0.3 is 9.80 Å². The summed E-state index contributed by atoms with van der Waals surface area (Å²) in [7, 11) is 2.15. The van der Waals surface area contributed by atoms with Crippen molar-refractivity contribution in [3.8, 4) is 11.1 Å². The highest BCUT2D eigenvalue weighted by molar-refractivity contribution is 5.90. The van der Waals surface area contributed by atoms with E-state index in [1.165, 1.54) is 33.4 Å². The van der Waals surface area contributed by atoms with Crippen LogP contribution in [0.2, 0.25) is 0 Å². The molecular formula is C44H34N2. The fraction of sp³-hybridized carbons (Fsp3) is 0.0455. The molecule has 0 atom stereocenters. The molecule has 0 unspecified atom stereocenters. The molecule has 1 aliphatic rings. The third-order valence-electron chi connectivity index (χ3n) is 9.34. The largest absolute Gasteiger partial charge is 0.345 e. The van der Waals surface area contributed by atoms with Gasteiger partial charge in [0, 0.05) is 35.5 Å². The molecule has 0 bridgehead atoms. The summed E-state index contributed by atoms with van der Waals surface area (Å²) in [5.74, 6) is 0. The van der Waals surface area contributed by atoms with Gasteiger partial charge >= 0.3 is 0 Å². The molecule has 0 N–H and O–H groups in total. The fourth-order valence-corrected chi connectivity index (χ4v) is 7.21. The molecule has 0 aromatic heterocycles. The van der Waals surface area contributed by atoms with Gasteiger partial charge in [-0.2, -0.15) is 0 Å².